The third-order valence-electron chi connectivity index (χ3n) is 2.85. The molecule has 0 aromatic heterocycles. The maximum absolute atomic E-state index is 11.8. The SMILES string of the molecule is CCOc1ccc(CC(=O)N[C@H](C(=O)O)C(C)C)cc1. The van der Waals surface area contributed by atoms with Gasteiger partial charge < -0.3 is 15.2 Å². The molecule has 0 aliphatic carbocycles. The van der Waals surface area contributed by atoms with Crippen LogP contribution in [0.5, 0.6) is 5.75 Å². The summed E-state index contributed by atoms with van der Waals surface area (Å²) in [7, 11) is 0. The third kappa shape index (κ3) is 4.91. The molecule has 20 heavy (non-hydrogen) atoms. The zero-order valence-electron chi connectivity index (χ0n) is 12.1. The molecule has 0 heterocycles. The summed E-state index contributed by atoms with van der Waals surface area (Å²) in [6.45, 7) is 6.01. The molecule has 0 fully saturated rings. The molecule has 0 bridgehead atoms. The van der Waals surface area contributed by atoms with Crippen molar-refractivity contribution in [2.45, 2.75) is 33.2 Å². The lowest BCUT2D eigenvalue weighted by Gasteiger charge is -2.17. The molecule has 0 saturated heterocycles. The Morgan fingerprint density at radius 1 is 1.25 bits per heavy atom. The molecule has 1 aromatic carbocycles. The van der Waals surface area contributed by atoms with Gasteiger partial charge in [-0.15, -0.1) is 0 Å². The van der Waals surface area contributed by atoms with Gasteiger partial charge in [0.15, 0.2) is 0 Å². The van der Waals surface area contributed by atoms with Crippen molar-refractivity contribution in [1.82, 2.24) is 5.32 Å². The molecule has 0 saturated carbocycles. The summed E-state index contributed by atoms with van der Waals surface area (Å²) >= 11 is 0. The maximum Gasteiger partial charge on any atom is 0.326 e. The van der Waals surface area contributed by atoms with E-state index in [1.165, 1.54) is 0 Å². The van der Waals surface area contributed by atoms with Crippen LogP contribution in [0.3, 0.4) is 0 Å². The van der Waals surface area contributed by atoms with E-state index in [2.05, 4.69) is 5.32 Å². The maximum atomic E-state index is 11.8. The van der Waals surface area contributed by atoms with E-state index in [9.17, 15) is 9.59 Å². The predicted octanol–water partition coefficient (Wildman–Crippen LogP) is 1.85. The molecule has 0 radical (unpaired) electrons. The molecule has 1 aromatic rings. The molecule has 110 valence electrons. The van der Waals surface area contributed by atoms with Crippen LogP contribution in [0.15, 0.2) is 24.3 Å². The highest BCUT2D eigenvalue weighted by Gasteiger charge is 2.23. The number of carbonyl (C=O) groups excluding carboxylic acids is 1. The lowest BCUT2D eigenvalue weighted by atomic mass is 10.0. The van der Waals surface area contributed by atoms with E-state index < -0.39 is 12.0 Å². The Balaban J connectivity index is 2.59. The van der Waals surface area contributed by atoms with Crippen LogP contribution in [0.4, 0.5) is 0 Å². The topological polar surface area (TPSA) is 75.6 Å². The Labute approximate surface area is 118 Å². The van der Waals surface area contributed by atoms with Crippen LogP contribution in [-0.4, -0.2) is 29.6 Å². The van der Waals surface area contributed by atoms with E-state index in [0.717, 1.165) is 11.3 Å². The van der Waals surface area contributed by atoms with Crippen LogP contribution in [0.2, 0.25) is 0 Å². The summed E-state index contributed by atoms with van der Waals surface area (Å²) in [5.74, 6) is -0.714. The van der Waals surface area contributed by atoms with Crippen molar-refractivity contribution in [3.8, 4) is 5.75 Å². The highest BCUT2D eigenvalue weighted by atomic mass is 16.5. The summed E-state index contributed by atoms with van der Waals surface area (Å²) in [5.41, 5.74) is 0.818. The highest BCUT2D eigenvalue weighted by molar-refractivity contribution is 5.85. The molecule has 0 spiro atoms. The quantitative estimate of drug-likeness (QED) is 0.798. The van der Waals surface area contributed by atoms with Gasteiger partial charge in [-0.25, -0.2) is 4.79 Å². The van der Waals surface area contributed by atoms with E-state index >= 15 is 0 Å². The first-order chi connectivity index (χ1) is 9.43. The molecular weight excluding hydrogens is 258 g/mol. The number of carboxylic acid groups (broad SMARTS) is 1. The molecule has 1 amide bonds. The zero-order valence-corrected chi connectivity index (χ0v) is 12.1. The average molecular weight is 279 g/mol. The van der Waals surface area contributed by atoms with Gasteiger partial charge in [0.05, 0.1) is 13.0 Å². The Hall–Kier alpha value is -2.04. The summed E-state index contributed by atoms with van der Waals surface area (Å²) in [5, 5.41) is 11.6. The molecular formula is C15H21NO4. The first-order valence-electron chi connectivity index (χ1n) is 6.68. The van der Waals surface area contributed by atoms with E-state index in [-0.39, 0.29) is 18.2 Å². The van der Waals surface area contributed by atoms with E-state index in [0.29, 0.717) is 6.61 Å². The Morgan fingerprint density at radius 3 is 2.30 bits per heavy atom. The zero-order chi connectivity index (χ0) is 15.1. The molecule has 5 heteroatoms. The lowest BCUT2D eigenvalue weighted by molar-refractivity contribution is -0.143. The summed E-state index contributed by atoms with van der Waals surface area (Å²) < 4.78 is 5.32. The number of aliphatic carboxylic acids is 1. The molecule has 1 atom stereocenters. The monoisotopic (exact) mass is 279 g/mol. The summed E-state index contributed by atoms with van der Waals surface area (Å²) in [4.78, 5) is 22.9. The predicted molar refractivity (Wildman–Crippen MR) is 75.7 cm³/mol. The van der Waals surface area contributed by atoms with Crippen molar-refractivity contribution in [2.75, 3.05) is 6.61 Å². The molecule has 1 rings (SSSR count). The van der Waals surface area contributed by atoms with Gasteiger partial charge in [0.2, 0.25) is 5.91 Å². The van der Waals surface area contributed by atoms with Crippen LogP contribution in [0.1, 0.15) is 26.3 Å². The van der Waals surface area contributed by atoms with Gasteiger partial charge in [-0.3, -0.25) is 4.79 Å². The second-order valence-corrected chi connectivity index (χ2v) is 4.88. The number of rotatable bonds is 7. The first kappa shape index (κ1) is 16.0. The number of amides is 1. The number of nitrogens with one attached hydrogen (secondary N) is 1. The smallest absolute Gasteiger partial charge is 0.326 e. The first-order valence-corrected chi connectivity index (χ1v) is 6.68. The normalized spacial score (nSPS) is 12.0. The van der Waals surface area contributed by atoms with Crippen molar-refractivity contribution >= 4 is 11.9 Å². The fourth-order valence-electron chi connectivity index (χ4n) is 1.79. The van der Waals surface area contributed by atoms with Crippen LogP contribution < -0.4 is 10.1 Å². The second kappa shape index (κ2) is 7.53. The highest BCUT2D eigenvalue weighted by Crippen LogP contribution is 2.12. The number of hydrogen-bond donors (Lipinski definition) is 2. The lowest BCUT2D eigenvalue weighted by Crippen LogP contribution is -2.44. The Bertz CT molecular complexity index is 453. The molecule has 0 aliphatic rings. The van der Waals surface area contributed by atoms with Gasteiger partial charge in [0, 0.05) is 0 Å². The fraction of sp³-hybridized carbons (Fsp3) is 0.467. The van der Waals surface area contributed by atoms with Crippen LogP contribution in [0, 0.1) is 5.92 Å². The van der Waals surface area contributed by atoms with Crippen LogP contribution in [0.25, 0.3) is 0 Å². The number of benzene rings is 1. The van der Waals surface area contributed by atoms with Crippen molar-refractivity contribution in [3.05, 3.63) is 29.8 Å². The molecule has 0 aliphatic heterocycles. The van der Waals surface area contributed by atoms with E-state index in [4.69, 9.17) is 9.84 Å². The summed E-state index contributed by atoms with van der Waals surface area (Å²) in [6.07, 6.45) is 0.156. The van der Waals surface area contributed by atoms with Crippen LogP contribution in [-0.2, 0) is 16.0 Å². The fourth-order valence-corrected chi connectivity index (χ4v) is 1.79. The van der Waals surface area contributed by atoms with Crippen molar-refractivity contribution in [2.24, 2.45) is 5.92 Å². The average Bonchev–Trinajstić information content (AvgIpc) is 2.38. The van der Waals surface area contributed by atoms with Crippen molar-refractivity contribution < 1.29 is 19.4 Å². The third-order valence-corrected chi connectivity index (χ3v) is 2.85. The second-order valence-electron chi connectivity index (χ2n) is 4.88. The van der Waals surface area contributed by atoms with Gasteiger partial charge in [0.25, 0.3) is 0 Å². The molecule has 0 unspecified atom stereocenters. The van der Waals surface area contributed by atoms with Crippen molar-refractivity contribution in [1.29, 1.82) is 0 Å². The number of carbonyl (C=O) groups is 2. The van der Waals surface area contributed by atoms with Gasteiger partial charge in [-0.05, 0) is 30.5 Å². The van der Waals surface area contributed by atoms with Gasteiger partial charge >= 0.3 is 5.97 Å². The minimum atomic E-state index is -1.01. The number of carboxylic acids is 1. The number of ether oxygens (including phenoxy) is 1. The van der Waals surface area contributed by atoms with E-state index in [1.54, 1.807) is 38.1 Å². The van der Waals surface area contributed by atoms with Crippen LogP contribution >= 0.6 is 0 Å². The van der Waals surface area contributed by atoms with Gasteiger partial charge in [-0.2, -0.15) is 0 Å². The molecule has 5 nitrogen and oxygen atoms in total. The number of hydrogen-bond acceptors (Lipinski definition) is 3. The minimum Gasteiger partial charge on any atom is -0.494 e. The van der Waals surface area contributed by atoms with Gasteiger partial charge in [-0.1, -0.05) is 26.0 Å². The van der Waals surface area contributed by atoms with Crippen molar-refractivity contribution in [3.63, 3.8) is 0 Å². The largest absolute Gasteiger partial charge is 0.494 e. The van der Waals surface area contributed by atoms with Gasteiger partial charge in [0.1, 0.15) is 11.8 Å². The van der Waals surface area contributed by atoms with E-state index in [1.807, 2.05) is 6.92 Å². The Kier molecular flexibility index (Phi) is 6.03. The standard InChI is InChI=1S/C15H21NO4/c1-4-20-12-7-5-11(6-8-12)9-13(17)16-14(10(2)3)15(18)19/h5-8,10,14H,4,9H2,1-3H3,(H,16,17)(H,18,19)/t14-/m0/s1. The summed E-state index contributed by atoms with van der Waals surface area (Å²) in [6, 6.07) is 6.34. The molecule has 2 N–H and O–H groups in total. The Morgan fingerprint density at radius 2 is 1.85 bits per heavy atom. The minimum absolute atomic E-state index is 0.156.